The molecule has 0 saturated carbocycles. The van der Waals surface area contributed by atoms with E-state index < -0.39 is 0 Å². The molecule has 0 N–H and O–H groups in total. The molecule has 5 heteroatoms. The lowest BCUT2D eigenvalue weighted by Gasteiger charge is -2.10. The van der Waals surface area contributed by atoms with E-state index in [9.17, 15) is 0 Å². The van der Waals surface area contributed by atoms with Gasteiger partial charge in [-0.15, -0.1) is 0 Å². The Bertz CT molecular complexity index is 1130. The molecule has 0 radical (unpaired) electrons. The van der Waals surface area contributed by atoms with Gasteiger partial charge < -0.3 is 14.0 Å². The standard InChI is InChI=1S/C25H22N2O3/c1-18-14-23(30-27-18)17-29-25-15-19(8-13-24(25)28-2)16-26-22-11-9-21(10-12-22)20-6-4-3-5-7-20/h3-16H,17H2,1-2H3. The largest absolute Gasteiger partial charge is 0.493 e. The number of hydrogen-bond acceptors (Lipinski definition) is 5. The van der Waals surface area contributed by atoms with Crippen LogP contribution in [0.2, 0.25) is 0 Å². The first-order valence-electron chi connectivity index (χ1n) is 9.64. The fraction of sp³-hybridized carbons (Fsp3) is 0.120. The van der Waals surface area contributed by atoms with Gasteiger partial charge in [-0.25, -0.2) is 0 Å². The van der Waals surface area contributed by atoms with Crippen LogP contribution >= 0.6 is 0 Å². The smallest absolute Gasteiger partial charge is 0.174 e. The molecule has 0 saturated heterocycles. The van der Waals surface area contributed by atoms with Gasteiger partial charge in [-0.2, -0.15) is 0 Å². The van der Waals surface area contributed by atoms with E-state index in [1.807, 2.05) is 67.7 Å². The molecule has 0 aliphatic heterocycles. The minimum Gasteiger partial charge on any atom is -0.493 e. The predicted octanol–water partition coefficient (Wildman–Crippen LogP) is 5.99. The van der Waals surface area contributed by atoms with Gasteiger partial charge in [0, 0.05) is 12.3 Å². The molecule has 4 rings (SSSR count). The number of aryl methyl sites for hydroxylation is 1. The van der Waals surface area contributed by atoms with Gasteiger partial charge in [-0.1, -0.05) is 47.6 Å². The van der Waals surface area contributed by atoms with Gasteiger partial charge in [0.1, 0.15) is 6.61 Å². The maximum Gasteiger partial charge on any atom is 0.174 e. The number of nitrogens with zero attached hydrogens (tertiary/aromatic N) is 2. The third-order valence-corrected chi connectivity index (χ3v) is 4.57. The first-order valence-corrected chi connectivity index (χ1v) is 9.64. The van der Waals surface area contributed by atoms with Crippen LogP contribution in [-0.4, -0.2) is 18.5 Å². The van der Waals surface area contributed by atoms with E-state index in [4.69, 9.17) is 14.0 Å². The van der Waals surface area contributed by atoms with Crippen molar-refractivity contribution in [3.63, 3.8) is 0 Å². The third-order valence-electron chi connectivity index (χ3n) is 4.57. The van der Waals surface area contributed by atoms with Gasteiger partial charge in [0.05, 0.1) is 18.5 Å². The average Bonchev–Trinajstić information content (AvgIpc) is 3.22. The maximum atomic E-state index is 5.86. The molecular formula is C25H22N2O3. The highest BCUT2D eigenvalue weighted by atomic mass is 16.5. The molecule has 3 aromatic carbocycles. The first kappa shape index (κ1) is 19.5. The normalized spacial score (nSPS) is 11.0. The van der Waals surface area contributed by atoms with E-state index in [2.05, 4.69) is 34.4 Å². The summed E-state index contributed by atoms with van der Waals surface area (Å²) in [5.74, 6) is 1.93. The Labute approximate surface area is 175 Å². The van der Waals surface area contributed by atoms with Crippen LogP contribution in [0.4, 0.5) is 5.69 Å². The summed E-state index contributed by atoms with van der Waals surface area (Å²) in [5.41, 5.74) is 4.96. The highest BCUT2D eigenvalue weighted by Crippen LogP contribution is 2.29. The summed E-state index contributed by atoms with van der Waals surface area (Å²) >= 11 is 0. The SMILES string of the molecule is COc1ccc(C=Nc2ccc(-c3ccccc3)cc2)cc1OCc1cc(C)no1. The Morgan fingerprint density at radius 3 is 2.37 bits per heavy atom. The second-order valence-corrected chi connectivity index (χ2v) is 6.80. The Kier molecular flexibility index (Phi) is 5.90. The van der Waals surface area contributed by atoms with Crippen LogP contribution in [0, 0.1) is 6.92 Å². The number of aromatic nitrogens is 1. The van der Waals surface area contributed by atoms with Gasteiger partial charge >= 0.3 is 0 Å². The van der Waals surface area contributed by atoms with Crippen LogP contribution in [0.1, 0.15) is 17.0 Å². The molecule has 30 heavy (non-hydrogen) atoms. The summed E-state index contributed by atoms with van der Waals surface area (Å²) in [5, 5.41) is 3.87. The van der Waals surface area contributed by atoms with Gasteiger partial charge in [0.2, 0.25) is 0 Å². The quantitative estimate of drug-likeness (QED) is 0.359. The first-order chi connectivity index (χ1) is 14.7. The fourth-order valence-corrected chi connectivity index (χ4v) is 3.04. The van der Waals surface area contributed by atoms with Crippen LogP contribution in [0.25, 0.3) is 11.1 Å². The number of ether oxygens (including phenoxy) is 2. The van der Waals surface area contributed by atoms with E-state index in [-0.39, 0.29) is 6.61 Å². The van der Waals surface area contributed by atoms with E-state index in [0.29, 0.717) is 17.3 Å². The summed E-state index contributed by atoms with van der Waals surface area (Å²) in [6.07, 6.45) is 1.81. The molecular weight excluding hydrogens is 376 g/mol. The molecule has 1 heterocycles. The topological polar surface area (TPSA) is 56.9 Å². The van der Waals surface area contributed by atoms with E-state index >= 15 is 0 Å². The third kappa shape index (κ3) is 4.75. The zero-order valence-corrected chi connectivity index (χ0v) is 16.9. The van der Waals surface area contributed by atoms with Crippen LogP contribution in [0.15, 0.2) is 88.4 Å². The monoisotopic (exact) mass is 398 g/mol. The number of hydrogen-bond donors (Lipinski definition) is 0. The number of aliphatic imine (C=N–C) groups is 1. The highest BCUT2D eigenvalue weighted by Gasteiger charge is 2.08. The van der Waals surface area contributed by atoms with E-state index in [1.54, 1.807) is 7.11 Å². The Morgan fingerprint density at radius 2 is 1.67 bits per heavy atom. The Hall–Kier alpha value is -3.86. The Balaban J connectivity index is 1.47. The predicted molar refractivity (Wildman–Crippen MR) is 118 cm³/mol. The van der Waals surface area contributed by atoms with Gasteiger partial charge in [0.15, 0.2) is 17.3 Å². The molecule has 0 bridgehead atoms. The molecule has 0 spiro atoms. The molecule has 0 amide bonds. The van der Waals surface area contributed by atoms with Gasteiger partial charge in [-0.3, -0.25) is 4.99 Å². The number of rotatable bonds is 7. The van der Waals surface area contributed by atoms with Crippen molar-refractivity contribution in [2.75, 3.05) is 7.11 Å². The van der Waals surface area contributed by atoms with Crippen molar-refractivity contribution in [2.45, 2.75) is 13.5 Å². The summed E-state index contributed by atoms with van der Waals surface area (Å²) in [6.45, 7) is 2.15. The minimum atomic E-state index is 0.277. The molecule has 5 nitrogen and oxygen atoms in total. The van der Waals surface area contributed by atoms with Crippen molar-refractivity contribution in [1.29, 1.82) is 0 Å². The lowest BCUT2D eigenvalue weighted by Crippen LogP contribution is -1.97. The second kappa shape index (κ2) is 9.09. The maximum absolute atomic E-state index is 5.86. The molecule has 0 atom stereocenters. The lowest BCUT2D eigenvalue weighted by atomic mass is 10.1. The van der Waals surface area contributed by atoms with Gasteiger partial charge in [0.25, 0.3) is 0 Å². The van der Waals surface area contributed by atoms with E-state index in [1.165, 1.54) is 5.56 Å². The van der Waals surface area contributed by atoms with E-state index in [0.717, 1.165) is 22.5 Å². The summed E-state index contributed by atoms with van der Waals surface area (Å²) in [7, 11) is 1.61. The fourth-order valence-electron chi connectivity index (χ4n) is 3.04. The van der Waals surface area contributed by atoms with Crippen LogP contribution in [-0.2, 0) is 6.61 Å². The van der Waals surface area contributed by atoms with Crippen LogP contribution in [0.3, 0.4) is 0 Å². The minimum absolute atomic E-state index is 0.277. The summed E-state index contributed by atoms with van der Waals surface area (Å²) in [6, 6.07) is 26.0. The molecule has 0 aliphatic carbocycles. The average molecular weight is 398 g/mol. The van der Waals surface area contributed by atoms with Crippen molar-refractivity contribution in [2.24, 2.45) is 4.99 Å². The van der Waals surface area contributed by atoms with Crippen molar-refractivity contribution >= 4 is 11.9 Å². The van der Waals surface area contributed by atoms with Crippen molar-refractivity contribution in [1.82, 2.24) is 5.16 Å². The molecule has 4 aromatic rings. The zero-order chi connectivity index (χ0) is 20.8. The van der Waals surface area contributed by atoms with Crippen molar-refractivity contribution in [3.05, 3.63) is 95.9 Å². The molecule has 0 fully saturated rings. The summed E-state index contributed by atoms with van der Waals surface area (Å²) < 4.78 is 16.5. The molecule has 0 unspecified atom stereocenters. The zero-order valence-electron chi connectivity index (χ0n) is 16.9. The number of methoxy groups -OCH3 is 1. The van der Waals surface area contributed by atoms with Crippen molar-refractivity contribution < 1.29 is 14.0 Å². The Morgan fingerprint density at radius 1 is 0.900 bits per heavy atom. The molecule has 1 aromatic heterocycles. The lowest BCUT2D eigenvalue weighted by molar-refractivity contribution is 0.239. The summed E-state index contributed by atoms with van der Waals surface area (Å²) in [4.78, 5) is 4.58. The van der Waals surface area contributed by atoms with Gasteiger partial charge in [-0.05, 0) is 53.9 Å². The number of benzene rings is 3. The molecule has 0 aliphatic rings. The van der Waals surface area contributed by atoms with Crippen LogP contribution in [0.5, 0.6) is 11.5 Å². The second-order valence-electron chi connectivity index (χ2n) is 6.80. The van der Waals surface area contributed by atoms with Crippen LogP contribution < -0.4 is 9.47 Å². The van der Waals surface area contributed by atoms with Crippen molar-refractivity contribution in [3.8, 4) is 22.6 Å². The highest BCUT2D eigenvalue weighted by molar-refractivity contribution is 5.83. The molecule has 150 valence electrons.